The Hall–Kier alpha value is -1.37. The number of pyridine rings is 1. The van der Waals surface area contributed by atoms with Gasteiger partial charge in [0.15, 0.2) is 0 Å². The van der Waals surface area contributed by atoms with Crippen LogP contribution in [0, 0.1) is 13.8 Å². The smallest absolute Gasteiger partial charge is 0.0633 e. The third kappa shape index (κ3) is 2.86. The van der Waals surface area contributed by atoms with Gasteiger partial charge in [-0.05, 0) is 38.5 Å². The fourth-order valence-corrected chi connectivity index (χ4v) is 1.01. The van der Waals surface area contributed by atoms with Crippen LogP contribution in [0.1, 0.15) is 23.9 Å². The standard InChI is InChI=1S/C12H15N/c1-4-5-6-7-12-9-8-10(2)11(3)13-12/h4-9H,1-3H3/b5-4-,7-6-. The summed E-state index contributed by atoms with van der Waals surface area (Å²) in [5.74, 6) is 0. The van der Waals surface area contributed by atoms with Crippen LogP contribution in [0.5, 0.6) is 0 Å². The zero-order valence-electron chi connectivity index (χ0n) is 8.41. The first-order valence-electron chi connectivity index (χ1n) is 4.47. The monoisotopic (exact) mass is 173 g/mol. The zero-order valence-corrected chi connectivity index (χ0v) is 8.41. The molecule has 13 heavy (non-hydrogen) atoms. The molecule has 1 aromatic rings. The molecule has 0 fully saturated rings. The van der Waals surface area contributed by atoms with E-state index in [1.165, 1.54) is 5.56 Å². The Labute approximate surface area is 79.8 Å². The van der Waals surface area contributed by atoms with Gasteiger partial charge in [0, 0.05) is 5.69 Å². The van der Waals surface area contributed by atoms with Gasteiger partial charge in [-0.2, -0.15) is 0 Å². The lowest BCUT2D eigenvalue weighted by Crippen LogP contribution is -1.88. The van der Waals surface area contributed by atoms with E-state index in [1.54, 1.807) is 0 Å². The number of rotatable bonds is 2. The highest BCUT2D eigenvalue weighted by atomic mass is 14.7. The predicted octanol–water partition coefficient (Wildman–Crippen LogP) is 3.29. The molecule has 0 saturated heterocycles. The lowest BCUT2D eigenvalue weighted by molar-refractivity contribution is 1.13. The molecule has 0 aliphatic heterocycles. The second-order valence-corrected chi connectivity index (χ2v) is 3.02. The van der Waals surface area contributed by atoms with E-state index in [2.05, 4.69) is 18.0 Å². The molecule has 1 heterocycles. The molecule has 1 heteroatoms. The molecule has 0 aromatic carbocycles. The highest BCUT2D eigenvalue weighted by Crippen LogP contribution is 2.06. The van der Waals surface area contributed by atoms with Crippen LogP contribution in [0.15, 0.2) is 30.4 Å². The van der Waals surface area contributed by atoms with Crippen molar-refractivity contribution in [1.29, 1.82) is 0 Å². The molecule has 0 bridgehead atoms. The molecule has 0 aliphatic carbocycles. The number of aromatic nitrogens is 1. The Balaban J connectivity index is 2.85. The van der Waals surface area contributed by atoms with Gasteiger partial charge in [0.05, 0.1) is 5.69 Å². The van der Waals surface area contributed by atoms with Crippen molar-refractivity contribution in [3.63, 3.8) is 0 Å². The molecular formula is C12H15N. The van der Waals surface area contributed by atoms with Gasteiger partial charge in [-0.15, -0.1) is 0 Å². The van der Waals surface area contributed by atoms with Crippen molar-refractivity contribution in [3.05, 3.63) is 47.3 Å². The third-order valence-electron chi connectivity index (χ3n) is 1.94. The van der Waals surface area contributed by atoms with Crippen molar-refractivity contribution in [2.24, 2.45) is 0 Å². The number of aryl methyl sites for hydroxylation is 2. The summed E-state index contributed by atoms with van der Waals surface area (Å²) >= 11 is 0. The number of allylic oxidation sites excluding steroid dienone is 3. The van der Waals surface area contributed by atoms with E-state index >= 15 is 0 Å². The third-order valence-corrected chi connectivity index (χ3v) is 1.94. The summed E-state index contributed by atoms with van der Waals surface area (Å²) in [5.41, 5.74) is 3.35. The molecule has 1 nitrogen and oxygen atoms in total. The fourth-order valence-electron chi connectivity index (χ4n) is 1.01. The zero-order chi connectivity index (χ0) is 9.68. The molecule has 68 valence electrons. The minimum atomic E-state index is 1.02. The topological polar surface area (TPSA) is 12.9 Å². The number of nitrogens with zero attached hydrogens (tertiary/aromatic N) is 1. The largest absolute Gasteiger partial charge is 0.253 e. The molecule has 0 spiro atoms. The summed E-state index contributed by atoms with van der Waals surface area (Å²) in [4.78, 5) is 4.42. The molecule has 0 radical (unpaired) electrons. The molecule has 0 N–H and O–H groups in total. The van der Waals surface area contributed by atoms with Crippen LogP contribution in [-0.2, 0) is 0 Å². The van der Waals surface area contributed by atoms with Crippen LogP contribution in [0.2, 0.25) is 0 Å². The Morgan fingerprint density at radius 3 is 2.54 bits per heavy atom. The Kier molecular flexibility index (Phi) is 3.44. The summed E-state index contributed by atoms with van der Waals surface area (Å²) in [6.07, 6.45) is 8.00. The van der Waals surface area contributed by atoms with Crippen LogP contribution >= 0.6 is 0 Å². The van der Waals surface area contributed by atoms with Gasteiger partial charge in [0.25, 0.3) is 0 Å². The van der Waals surface area contributed by atoms with Crippen molar-refractivity contribution in [3.8, 4) is 0 Å². The van der Waals surface area contributed by atoms with Crippen molar-refractivity contribution in [1.82, 2.24) is 4.98 Å². The molecule has 0 atom stereocenters. The van der Waals surface area contributed by atoms with Gasteiger partial charge in [0.2, 0.25) is 0 Å². The second-order valence-electron chi connectivity index (χ2n) is 3.02. The Morgan fingerprint density at radius 1 is 1.15 bits per heavy atom. The first kappa shape index (κ1) is 9.72. The molecule has 1 aromatic heterocycles. The van der Waals surface area contributed by atoms with Crippen LogP contribution in [0.3, 0.4) is 0 Å². The van der Waals surface area contributed by atoms with E-state index in [0.717, 1.165) is 11.4 Å². The molecule has 0 aliphatic rings. The second kappa shape index (κ2) is 4.61. The first-order chi connectivity index (χ1) is 6.24. The van der Waals surface area contributed by atoms with Crippen molar-refractivity contribution < 1.29 is 0 Å². The van der Waals surface area contributed by atoms with Crippen LogP contribution in [0.4, 0.5) is 0 Å². The van der Waals surface area contributed by atoms with E-state index in [4.69, 9.17) is 0 Å². The maximum Gasteiger partial charge on any atom is 0.0633 e. The summed E-state index contributed by atoms with van der Waals surface area (Å²) in [6.45, 7) is 6.10. The minimum Gasteiger partial charge on any atom is -0.253 e. The molecule has 1 rings (SSSR count). The van der Waals surface area contributed by atoms with Crippen molar-refractivity contribution in [2.75, 3.05) is 0 Å². The van der Waals surface area contributed by atoms with Gasteiger partial charge < -0.3 is 0 Å². The highest BCUT2D eigenvalue weighted by molar-refractivity contribution is 5.47. The lowest BCUT2D eigenvalue weighted by atomic mass is 10.2. The molecular weight excluding hydrogens is 158 g/mol. The van der Waals surface area contributed by atoms with Crippen molar-refractivity contribution >= 4 is 6.08 Å². The normalized spacial score (nSPS) is 11.6. The van der Waals surface area contributed by atoms with Crippen LogP contribution in [-0.4, -0.2) is 4.98 Å². The fraction of sp³-hybridized carbons (Fsp3) is 0.250. The van der Waals surface area contributed by atoms with Gasteiger partial charge in [0.1, 0.15) is 0 Å². The average molecular weight is 173 g/mol. The van der Waals surface area contributed by atoms with E-state index in [-0.39, 0.29) is 0 Å². The van der Waals surface area contributed by atoms with Gasteiger partial charge in [-0.3, -0.25) is 4.98 Å². The van der Waals surface area contributed by atoms with E-state index in [0.29, 0.717) is 0 Å². The molecule has 0 amide bonds. The Bertz CT molecular complexity index is 335. The lowest BCUT2D eigenvalue weighted by Gasteiger charge is -1.98. The van der Waals surface area contributed by atoms with Gasteiger partial charge in [-0.1, -0.05) is 24.3 Å². The van der Waals surface area contributed by atoms with Crippen LogP contribution in [0.25, 0.3) is 6.08 Å². The van der Waals surface area contributed by atoms with Crippen LogP contribution < -0.4 is 0 Å². The number of hydrogen-bond donors (Lipinski definition) is 0. The van der Waals surface area contributed by atoms with E-state index in [9.17, 15) is 0 Å². The van der Waals surface area contributed by atoms with Crippen molar-refractivity contribution in [2.45, 2.75) is 20.8 Å². The average Bonchev–Trinajstić information content (AvgIpc) is 2.12. The van der Waals surface area contributed by atoms with Gasteiger partial charge in [-0.25, -0.2) is 0 Å². The maximum atomic E-state index is 4.42. The molecule has 0 saturated carbocycles. The summed E-state index contributed by atoms with van der Waals surface area (Å²) in [7, 11) is 0. The molecule has 0 unspecified atom stereocenters. The maximum absolute atomic E-state index is 4.42. The summed E-state index contributed by atoms with van der Waals surface area (Å²) in [6, 6.07) is 4.12. The van der Waals surface area contributed by atoms with E-state index in [1.807, 2.05) is 44.2 Å². The summed E-state index contributed by atoms with van der Waals surface area (Å²) < 4.78 is 0. The summed E-state index contributed by atoms with van der Waals surface area (Å²) in [5, 5.41) is 0. The minimum absolute atomic E-state index is 1.02. The highest BCUT2D eigenvalue weighted by Gasteiger charge is 1.93. The van der Waals surface area contributed by atoms with Gasteiger partial charge >= 0.3 is 0 Å². The first-order valence-corrected chi connectivity index (χ1v) is 4.47. The number of hydrogen-bond acceptors (Lipinski definition) is 1. The quantitative estimate of drug-likeness (QED) is 0.625. The predicted molar refractivity (Wildman–Crippen MR) is 57.6 cm³/mol. The SMILES string of the molecule is C/C=C\C=C/c1ccc(C)c(C)n1. The van der Waals surface area contributed by atoms with E-state index < -0.39 is 0 Å². The Morgan fingerprint density at radius 2 is 1.92 bits per heavy atom.